The molecule has 1 rings (SSSR count). The highest BCUT2D eigenvalue weighted by molar-refractivity contribution is 7.84. The molecule has 0 spiro atoms. The predicted molar refractivity (Wildman–Crippen MR) is 72.4 cm³/mol. The summed E-state index contributed by atoms with van der Waals surface area (Å²) < 4.78 is 33.3. The van der Waals surface area contributed by atoms with Gasteiger partial charge in [-0.05, 0) is 24.3 Å². The number of hydrogen-bond acceptors (Lipinski definition) is 6. The highest BCUT2D eigenvalue weighted by Crippen LogP contribution is 2.25. The minimum absolute atomic E-state index is 0.0148. The van der Waals surface area contributed by atoms with Gasteiger partial charge in [0, 0.05) is 25.7 Å². The Morgan fingerprint density at radius 1 is 1.35 bits per heavy atom. The second-order valence-corrected chi connectivity index (χ2v) is 5.65. The van der Waals surface area contributed by atoms with Gasteiger partial charge in [-0.25, -0.2) is 4.79 Å². The number of rotatable bonds is 5. The molecule has 0 fully saturated rings. The number of aromatic hydroxyl groups is 1. The van der Waals surface area contributed by atoms with Crippen molar-refractivity contribution in [1.82, 2.24) is 4.31 Å². The van der Waals surface area contributed by atoms with Crippen LogP contribution in [0.2, 0.25) is 0 Å². The molecule has 0 bridgehead atoms. The zero-order valence-electron chi connectivity index (χ0n) is 11.2. The number of ether oxygens (including phenoxy) is 1. The van der Waals surface area contributed by atoms with Crippen LogP contribution in [-0.4, -0.2) is 45.0 Å². The van der Waals surface area contributed by atoms with Crippen LogP contribution < -0.4 is 4.18 Å². The number of esters is 1. The second-order valence-electron chi connectivity index (χ2n) is 3.90. The van der Waals surface area contributed by atoms with Crippen molar-refractivity contribution in [3.05, 3.63) is 29.8 Å². The molecule has 0 saturated heterocycles. The topological polar surface area (TPSA) is 93.1 Å². The first-order valence-electron chi connectivity index (χ1n) is 5.47. The lowest BCUT2D eigenvalue weighted by Gasteiger charge is -2.12. The summed E-state index contributed by atoms with van der Waals surface area (Å²) in [7, 11) is -0.00844. The second kappa shape index (κ2) is 6.40. The molecule has 8 heteroatoms. The number of methoxy groups -OCH3 is 1. The summed E-state index contributed by atoms with van der Waals surface area (Å²) in [6, 6.07) is 3.85. The Bertz CT molecular complexity index is 621. The van der Waals surface area contributed by atoms with E-state index in [-0.39, 0.29) is 17.1 Å². The van der Waals surface area contributed by atoms with Crippen molar-refractivity contribution in [1.29, 1.82) is 0 Å². The maximum Gasteiger partial charge on any atom is 0.384 e. The van der Waals surface area contributed by atoms with Crippen molar-refractivity contribution >= 4 is 22.3 Å². The zero-order chi connectivity index (χ0) is 15.3. The summed E-state index contributed by atoms with van der Waals surface area (Å²) in [6.07, 6.45) is 2.38. The van der Waals surface area contributed by atoms with Gasteiger partial charge in [-0.2, -0.15) is 12.7 Å². The van der Waals surface area contributed by atoms with Crippen LogP contribution in [0.5, 0.6) is 11.5 Å². The SMILES string of the molecule is COC(=O)/C=C/c1cc(OS(=O)(=O)N(C)C)ccc1O. The number of phenols is 1. The first-order valence-corrected chi connectivity index (χ1v) is 6.84. The van der Waals surface area contributed by atoms with Gasteiger partial charge >= 0.3 is 16.3 Å². The van der Waals surface area contributed by atoms with Crippen LogP contribution >= 0.6 is 0 Å². The molecule has 0 aromatic heterocycles. The molecule has 110 valence electrons. The molecule has 7 nitrogen and oxygen atoms in total. The summed E-state index contributed by atoms with van der Waals surface area (Å²) in [6.45, 7) is 0. The third kappa shape index (κ3) is 4.25. The Balaban J connectivity index is 3.03. The van der Waals surface area contributed by atoms with Gasteiger partial charge in [0.15, 0.2) is 0 Å². The molecule has 0 heterocycles. The van der Waals surface area contributed by atoms with Gasteiger partial charge in [-0.1, -0.05) is 0 Å². The summed E-state index contributed by atoms with van der Waals surface area (Å²) in [5, 5.41) is 9.61. The first kappa shape index (κ1) is 16.0. The van der Waals surface area contributed by atoms with Crippen molar-refractivity contribution in [3.8, 4) is 11.5 Å². The molecule has 1 N–H and O–H groups in total. The highest BCUT2D eigenvalue weighted by Gasteiger charge is 2.16. The van der Waals surface area contributed by atoms with E-state index in [0.29, 0.717) is 0 Å². The van der Waals surface area contributed by atoms with Crippen LogP contribution in [0.4, 0.5) is 0 Å². The van der Waals surface area contributed by atoms with Crippen molar-refractivity contribution < 1.29 is 27.2 Å². The maximum absolute atomic E-state index is 11.6. The number of hydrogen-bond donors (Lipinski definition) is 1. The molecule has 0 aliphatic carbocycles. The number of nitrogens with zero attached hydrogens (tertiary/aromatic N) is 1. The van der Waals surface area contributed by atoms with Crippen LogP contribution in [-0.2, 0) is 19.8 Å². The molecule has 0 aliphatic heterocycles. The normalized spacial score (nSPS) is 11.8. The predicted octanol–water partition coefficient (Wildman–Crippen LogP) is 0.764. The lowest BCUT2D eigenvalue weighted by molar-refractivity contribution is -0.134. The molecule has 0 radical (unpaired) electrons. The maximum atomic E-state index is 11.6. The van der Waals surface area contributed by atoms with Gasteiger partial charge in [-0.15, -0.1) is 0 Å². The van der Waals surface area contributed by atoms with E-state index in [0.717, 1.165) is 10.4 Å². The quantitative estimate of drug-likeness (QED) is 0.637. The largest absolute Gasteiger partial charge is 0.507 e. The average Bonchev–Trinajstić information content (AvgIpc) is 2.38. The standard InChI is InChI=1S/C12H15NO6S/c1-13(2)20(16,17)19-10-5-6-11(14)9(8-10)4-7-12(15)18-3/h4-8,14H,1-3H3/b7-4+. The van der Waals surface area contributed by atoms with E-state index in [9.17, 15) is 18.3 Å². The van der Waals surface area contributed by atoms with E-state index < -0.39 is 16.3 Å². The Hall–Kier alpha value is -2.06. The molecule has 1 aromatic rings. The Morgan fingerprint density at radius 3 is 2.55 bits per heavy atom. The Morgan fingerprint density at radius 2 is 2.00 bits per heavy atom. The van der Waals surface area contributed by atoms with Crippen LogP contribution in [0.25, 0.3) is 6.08 Å². The van der Waals surface area contributed by atoms with Gasteiger partial charge in [0.05, 0.1) is 7.11 Å². The zero-order valence-corrected chi connectivity index (χ0v) is 12.0. The fourth-order valence-electron chi connectivity index (χ4n) is 1.14. The van der Waals surface area contributed by atoms with Crippen LogP contribution in [0.3, 0.4) is 0 Å². The molecular formula is C12H15NO6S. The smallest absolute Gasteiger partial charge is 0.384 e. The van der Waals surface area contributed by atoms with Crippen molar-refractivity contribution in [2.45, 2.75) is 0 Å². The van der Waals surface area contributed by atoms with Crippen LogP contribution in [0.15, 0.2) is 24.3 Å². The molecule has 0 unspecified atom stereocenters. The van der Waals surface area contributed by atoms with Gasteiger partial charge in [0.2, 0.25) is 0 Å². The molecule has 0 amide bonds. The third-order valence-corrected chi connectivity index (χ3v) is 3.55. The minimum atomic E-state index is -3.88. The van der Waals surface area contributed by atoms with Crippen LogP contribution in [0, 0.1) is 0 Å². The van der Waals surface area contributed by atoms with Gasteiger partial charge in [-0.3, -0.25) is 0 Å². The Kier molecular flexibility index (Phi) is 5.12. The van der Waals surface area contributed by atoms with Crippen molar-refractivity contribution in [2.24, 2.45) is 0 Å². The molecule has 0 atom stereocenters. The van der Waals surface area contributed by atoms with E-state index in [1.54, 1.807) is 0 Å². The lowest BCUT2D eigenvalue weighted by Crippen LogP contribution is -2.27. The van der Waals surface area contributed by atoms with Crippen molar-refractivity contribution in [2.75, 3.05) is 21.2 Å². The van der Waals surface area contributed by atoms with Crippen molar-refractivity contribution in [3.63, 3.8) is 0 Å². The van der Waals surface area contributed by atoms with E-state index >= 15 is 0 Å². The fraction of sp³-hybridized carbons (Fsp3) is 0.250. The Labute approximate surface area is 117 Å². The number of phenolic OH excluding ortho intramolecular Hbond substituents is 1. The van der Waals surface area contributed by atoms with Gasteiger partial charge in [0.25, 0.3) is 0 Å². The molecule has 0 aliphatic rings. The summed E-state index contributed by atoms with van der Waals surface area (Å²) >= 11 is 0. The third-order valence-electron chi connectivity index (χ3n) is 2.25. The summed E-state index contributed by atoms with van der Waals surface area (Å²) in [5.74, 6) is -0.711. The molecular weight excluding hydrogens is 286 g/mol. The van der Waals surface area contributed by atoms with Gasteiger partial charge in [0.1, 0.15) is 11.5 Å². The van der Waals surface area contributed by atoms with E-state index in [2.05, 4.69) is 4.74 Å². The van der Waals surface area contributed by atoms with E-state index in [1.165, 1.54) is 45.5 Å². The number of carbonyl (C=O) groups excluding carboxylic acids is 1. The lowest BCUT2D eigenvalue weighted by atomic mass is 10.2. The summed E-state index contributed by atoms with van der Waals surface area (Å²) in [4.78, 5) is 11.0. The van der Waals surface area contributed by atoms with Gasteiger partial charge < -0.3 is 14.0 Å². The summed E-state index contributed by atoms with van der Waals surface area (Å²) in [5.41, 5.74) is 0.224. The monoisotopic (exact) mass is 301 g/mol. The highest BCUT2D eigenvalue weighted by atomic mass is 32.2. The minimum Gasteiger partial charge on any atom is -0.507 e. The first-order chi connectivity index (χ1) is 9.26. The number of benzene rings is 1. The number of carbonyl (C=O) groups is 1. The van der Waals surface area contributed by atoms with E-state index in [4.69, 9.17) is 4.18 Å². The van der Waals surface area contributed by atoms with E-state index in [1.807, 2.05) is 0 Å². The molecule has 0 saturated carbocycles. The molecule has 1 aromatic carbocycles. The van der Waals surface area contributed by atoms with Crippen LogP contribution in [0.1, 0.15) is 5.56 Å². The fourth-order valence-corrected chi connectivity index (χ4v) is 1.64. The molecule has 20 heavy (non-hydrogen) atoms. The average molecular weight is 301 g/mol.